The van der Waals surface area contributed by atoms with Crippen LogP contribution in [0.1, 0.15) is 13.3 Å². The summed E-state index contributed by atoms with van der Waals surface area (Å²) in [4.78, 5) is 25.0. The van der Waals surface area contributed by atoms with Gasteiger partial charge in [0, 0.05) is 13.6 Å². The predicted molar refractivity (Wildman–Crippen MR) is 58.7 cm³/mol. The van der Waals surface area contributed by atoms with Gasteiger partial charge in [-0.15, -0.1) is 0 Å². The third-order valence-corrected chi connectivity index (χ3v) is 2.72. The zero-order valence-electron chi connectivity index (χ0n) is 9.73. The van der Waals surface area contributed by atoms with Crippen LogP contribution in [0, 0.1) is 0 Å². The Labute approximate surface area is 95.1 Å². The SMILES string of the molecule is CCC(N)C(=O)N1CCOCC1C(=O)NC. The highest BCUT2D eigenvalue weighted by Gasteiger charge is 2.33. The standard InChI is InChI=1S/C10H19N3O3/c1-3-7(11)10(15)13-4-5-16-6-8(13)9(14)12-2/h7-8H,3-6,11H2,1-2H3,(H,12,14). The Balaban J connectivity index is 2.73. The molecule has 16 heavy (non-hydrogen) atoms. The molecule has 1 saturated heterocycles. The fraction of sp³-hybridized carbons (Fsp3) is 0.800. The van der Waals surface area contributed by atoms with E-state index in [-0.39, 0.29) is 18.4 Å². The molecule has 0 saturated carbocycles. The lowest BCUT2D eigenvalue weighted by Gasteiger charge is -2.35. The Bertz CT molecular complexity index is 270. The molecular formula is C10H19N3O3. The molecule has 1 rings (SSSR count). The Morgan fingerprint density at radius 1 is 1.62 bits per heavy atom. The second-order valence-electron chi connectivity index (χ2n) is 3.75. The fourth-order valence-corrected chi connectivity index (χ4v) is 1.64. The van der Waals surface area contributed by atoms with E-state index in [1.807, 2.05) is 6.92 Å². The number of carbonyl (C=O) groups is 2. The molecule has 3 N–H and O–H groups in total. The van der Waals surface area contributed by atoms with Crippen molar-refractivity contribution >= 4 is 11.8 Å². The van der Waals surface area contributed by atoms with Gasteiger partial charge in [-0.3, -0.25) is 9.59 Å². The molecule has 0 aromatic heterocycles. The first kappa shape index (κ1) is 12.9. The van der Waals surface area contributed by atoms with Gasteiger partial charge in [-0.25, -0.2) is 0 Å². The summed E-state index contributed by atoms with van der Waals surface area (Å²) in [6, 6.07) is -1.09. The van der Waals surface area contributed by atoms with Gasteiger partial charge >= 0.3 is 0 Å². The van der Waals surface area contributed by atoms with E-state index in [1.165, 1.54) is 4.90 Å². The molecule has 1 aliphatic heterocycles. The highest BCUT2D eigenvalue weighted by molar-refractivity contribution is 5.89. The quantitative estimate of drug-likeness (QED) is 0.630. The molecule has 92 valence electrons. The van der Waals surface area contributed by atoms with Crippen molar-refractivity contribution in [3.05, 3.63) is 0 Å². The van der Waals surface area contributed by atoms with Crippen molar-refractivity contribution in [1.29, 1.82) is 0 Å². The summed E-state index contributed by atoms with van der Waals surface area (Å²) in [5.41, 5.74) is 5.69. The van der Waals surface area contributed by atoms with E-state index in [0.717, 1.165) is 0 Å². The van der Waals surface area contributed by atoms with E-state index >= 15 is 0 Å². The Hall–Kier alpha value is -1.14. The molecule has 0 radical (unpaired) electrons. The highest BCUT2D eigenvalue weighted by Crippen LogP contribution is 2.09. The number of morpholine rings is 1. The first-order valence-electron chi connectivity index (χ1n) is 5.47. The van der Waals surface area contributed by atoms with E-state index in [2.05, 4.69) is 5.32 Å². The molecule has 0 bridgehead atoms. The molecule has 2 atom stereocenters. The van der Waals surface area contributed by atoms with Gasteiger partial charge in [0.1, 0.15) is 6.04 Å². The largest absolute Gasteiger partial charge is 0.377 e. The number of ether oxygens (including phenoxy) is 1. The summed E-state index contributed by atoms with van der Waals surface area (Å²) in [5.74, 6) is -0.393. The van der Waals surface area contributed by atoms with Crippen LogP contribution >= 0.6 is 0 Å². The Kier molecular flexibility index (Phi) is 4.70. The number of nitrogens with one attached hydrogen (secondary N) is 1. The lowest BCUT2D eigenvalue weighted by atomic mass is 10.1. The minimum atomic E-state index is -0.552. The van der Waals surface area contributed by atoms with E-state index < -0.39 is 12.1 Å². The minimum Gasteiger partial charge on any atom is -0.377 e. The van der Waals surface area contributed by atoms with Crippen LogP contribution in [-0.4, -0.2) is 55.6 Å². The van der Waals surface area contributed by atoms with Gasteiger partial charge in [-0.05, 0) is 6.42 Å². The van der Waals surface area contributed by atoms with Gasteiger partial charge in [-0.1, -0.05) is 6.92 Å². The first-order chi connectivity index (χ1) is 7.61. The Morgan fingerprint density at radius 3 is 2.88 bits per heavy atom. The molecule has 6 nitrogen and oxygen atoms in total. The van der Waals surface area contributed by atoms with Gasteiger partial charge in [-0.2, -0.15) is 0 Å². The monoisotopic (exact) mass is 229 g/mol. The van der Waals surface area contributed by atoms with Gasteiger partial charge in [0.2, 0.25) is 11.8 Å². The van der Waals surface area contributed by atoms with Gasteiger partial charge in [0.15, 0.2) is 0 Å². The van der Waals surface area contributed by atoms with Crippen LogP contribution in [-0.2, 0) is 14.3 Å². The lowest BCUT2D eigenvalue weighted by Crippen LogP contribution is -2.58. The molecule has 6 heteroatoms. The fourth-order valence-electron chi connectivity index (χ4n) is 1.64. The van der Waals surface area contributed by atoms with Crippen molar-refractivity contribution in [3.8, 4) is 0 Å². The van der Waals surface area contributed by atoms with Crippen LogP contribution in [0.25, 0.3) is 0 Å². The van der Waals surface area contributed by atoms with Crippen LogP contribution < -0.4 is 11.1 Å². The number of nitrogens with two attached hydrogens (primary N) is 1. The number of hydrogen-bond acceptors (Lipinski definition) is 4. The molecule has 1 aliphatic rings. The normalized spacial score (nSPS) is 22.7. The van der Waals surface area contributed by atoms with E-state index in [1.54, 1.807) is 7.05 Å². The zero-order chi connectivity index (χ0) is 12.1. The number of rotatable bonds is 3. The van der Waals surface area contributed by atoms with E-state index in [4.69, 9.17) is 10.5 Å². The van der Waals surface area contributed by atoms with Crippen LogP contribution in [0.4, 0.5) is 0 Å². The lowest BCUT2D eigenvalue weighted by molar-refractivity contribution is -0.149. The summed E-state index contributed by atoms with van der Waals surface area (Å²) < 4.78 is 5.20. The van der Waals surface area contributed by atoms with Crippen molar-refractivity contribution in [3.63, 3.8) is 0 Å². The summed E-state index contributed by atoms with van der Waals surface area (Å²) in [5, 5.41) is 2.52. The van der Waals surface area contributed by atoms with Crippen molar-refractivity contribution in [2.45, 2.75) is 25.4 Å². The molecule has 1 heterocycles. The van der Waals surface area contributed by atoms with E-state index in [0.29, 0.717) is 19.6 Å². The first-order valence-corrected chi connectivity index (χ1v) is 5.47. The molecule has 2 unspecified atom stereocenters. The maximum absolute atomic E-state index is 11.9. The Morgan fingerprint density at radius 2 is 2.31 bits per heavy atom. The molecule has 1 fully saturated rings. The number of amides is 2. The maximum Gasteiger partial charge on any atom is 0.244 e. The average molecular weight is 229 g/mol. The van der Waals surface area contributed by atoms with Crippen molar-refractivity contribution in [1.82, 2.24) is 10.2 Å². The van der Waals surface area contributed by atoms with Crippen LogP contribution in [0.2, 0.25) is 0 Å². The van der Waals surface area contributed by atoms with Crippen LogP contribution in [0.5, 0.6) is 0 Å². The van der Waals surface area contributed by atoms with Gasteiger partial charge in [0.25, 0.3) is 0 Å². The molecule has 2 amide bonds. The average Bonchev–Trinajstić information content (AvgIpc) is 2.35. The number of carbonyl (C=O) groups excluding carboxylic acids is 2. The molecule has 0 aromatic rings. The van der Waals surface area contributed by atoms with E-state index in [9.17, 15) is 9.59 Å². The third-order valence-electron chi connectivity index (χ3n) is 2.72. The zero-order valence-corrected chi connectivity index (χ0v) is 9.73. The highest BCUT2D eigenvalue weighted by atomic mass is 16.5. The topological polar surface area (TPSA) is 84.7 Å². The van der Waals surface area contributed by atoms with Crippen LogP contribution in [0.3, 0.4) is 0 Å². The predicted octanol–water partition coefficient (Wildman–Crippen LogP) is -1.30. The second-order valence-corrected chi connectivity index (χ2v) is 3.75. The number of hydrogen-bond donors (Lipinski definition) is 2. The van der Waals surface area contributed by atoms with Crippen molar-refractivity contribution in [2.75, 3.05) is 26.8 Å². The number of likely N-dealkylation sites (N-methyl/N-ethyl adjacent to an activating group) is 1. The second kappa shape index (κ2) is 5.81. The smallest absolute Gasteiger partial charge is 0.244 e. The van der Waals surface area contributed by atoms with Crippen molar-refractivity contribution < 1.29 is 14.3 Å². The minimum absolute atomic E-state index is 0.181. The molecule has 0 aliphatic carbocycles. The number of nitrogens with zero attached hydrogens (tertiary/aromatic N) is 1. The van der Waals surface area contributed by atoms with Crippen molar-refractivity contribution in [2.24, 2.45) is 5.73 Å². The van der Waals surface area contributed by atoms with Gasteiger partial charge in [0.05, 0.1) is 19.3 Å². The molecule has 0 aromatic carbocycles. The molecular weight excluding hydrogens is 210 g/mol. The summed E-state index contributed by atoms with van der Waals surface area (Å²) >= 11 is 0. The summed E-state index contributed by atoms with van der Waals surface area (Å²) in [7, 11) is 1.54. The van der Waals surface area contributed by atoms with Crippen LogP contribution in [0.15, 0.2) is 0 Å². The molecule has 0 spiro atoms. The summed E-state index contributed by atoms with van der Waals surface area (Å²) in [6.07, 6.45) is 0.566. The maximum atomic E-state index is 11.9. The third kappa shape index (κ3) is 2.70. The van der Waals surface area contributed by atoms with Gasteiger partial charge < -0.3 is 20.7 Å². The summed E-state index contributed by atoms with van der Waals surface area (Å²) in [6.45, 7) is 2.96.